The fourth-order valence-corrected chi connectivity index (χ4v) is 5.98. The van der Waals surface area contributed by atoms with Gasteiger partial charge in [-0.1, -0.05) is 78.8 Å². The molecule has 0 aromatic heterocycles. The van der Waals surface area contributed by atoms with Crippen LogP contribution in [0.3, 0.4) is 0 Å². The monoisotopic (exact) mass is 467 g/mol. The van der Waals surface area contributed by atoms with E-state index in [1.807, 2.05) is 24.3 Å². The molecule has 0 radical (unpaired) electrons. The van der Waals surface area contributed by atoms with Crippen molar-refractivity contribution in [2.24, 2.45) is 16.2 Å². The van der Waals surface area contributed by atoms with E-state index in [9.17, 15) is 10.5 Å². The summed E-state index contributed by atoms with van der Waals surface area (Å²) in [6.45, 7) is 17.8. The molecule has 1 saturated heterocycles. The number of nitrogens with zero attached hydrogens (tertiary/aromatic N) is 3. The molecule has 0 N–H and O–H groups in total. The Kier molecular flexibility index (Phi) is 6.11. The van der Waals surface area contributed by atoms with Gasteiger partial charge in [0.25, 0.3) is 0 Å². The molecular weight excluding hydrogens is 430 g/mol. The van der Waals surface area contributed by atoms with Crippen LogP contribution in [-0.2, 0) is 4.74 Å². The van der Waals surface area contributed by atoms with Crippen molar-refractivity contribution in [1.29, 1.82) is 10.5 Å². The third-order valence-electron chi connectivity index (χ3n) is 7.72. The molecule has 182 valence electrons. The lowest BCUT2D eigenvalue weighted by molar-refractivity contribution is -0.0211. The van der Waals surface area contributed by atoms with Crippen molar-refractivity contribution in [2.75, 3.05) is 13.1 Å². The molecule has 1 atom stereocenters. The van der Waals surface area contributed by atoms with Gasteiger partial charge in [-0.05, 0) is 59.6 Å². The molecule has 0 aromatic carbocycles. The molecule has 0 amide bonds. The molecule has 1 unspecified atom stereocenters. The van der Waals surface area contributed by atoms with Gasteiger partial charge in [-0.2, -0.15) is 10.5 Å². The zero-order valence-electron chi connectivity index (χ0n) is 22.2. The van der Waals surface area contributed by atoms with Crippen LogP contribution in [-0.4, -0.2) is 23.5 Å². The number of piperidine rings is 1. The summed E-state index contributed by atoms with van der Waals surface area (Å²) < 4.78 is 6.24. The minimum atomic E-state index is -0.256. The Morgan fingerprint density at radius 2 is 1.80 bits per heavy atom. The Balaban J connectivity index is 1.77. The topological polar surface area (TPSA) is 60.1 Å². The molecule has 4 nitrogen and oxygen atoms in total. The number of rotatable bonds is 2. The fourth-order valence-electron chi connectivity index (χ4n) is 5.98. The van der Waals surface area contributed by atoms with Gasteiger partial charge in [0.15, 0.2) is 0 Å². The van der Waals surface area contributed by atoms with Gasteiger partial charge in [0.2, 0.25) is 0 Å². The number of hydrogen-bond acceptors (Lipinski definition) is 4. The predicted molar refractivity (Wildman–Crippen MR) is 141 cm³/mol. The van der Waals surface area contributed by atoms with Gasteiger partial charge in [-0.15, -0.1) is 0 Å². The van der Waals surface area contributed by atoms with Crippen molar-refractivity contribution in [3.05, 3.63) is 82.4 Å². The van der Waals surface area contributed by atoms with Crippen LogP contribution < -0.4 is 0 Å². The average molecular weight is 468 g/mol. The summed E-state index contributed by atoms with van der Waals surface area (Å²) >= 11 is 0. The predicted octanol–water partition coefficient (Wildman–Crippen LogP) is 7.05. The van der Waals surface area contributed by atoms with Crippen molar-refractivity contribution >= 4 is 0 Å². The van der Waals surface area contributed by atoms with Crippen LogP contribution in [0.2, 0.25) is 0 Å². The number of hydrogen-bond donors (Lipinski definition) is 0. The van der Waals surface area contributed by atoms with E-state index < -0.39 is 0 Å². The second-order valence-electron chi connectivity index (χ2n) is 12.5. The van der Waals surface area contributed by atoms with Crippen LogP contribution in [0.5, 0.6) is 0 Å². The zero-order valence-corrected chi connectivity index (χ0v) is 22.2. The van der Waals surface area contributed by atoms with E-state index in [1.54, 1.807) is 6.08 Å². The van der Waals surface area contributed by atoms with Crippen molar-refractivity contribution in [3.8, 4) is 12.1 Å². The van der Waals surface area contributed by atoms with E-state index in [1.165, 1.54) is 24.0 Å². The maximum absolute atomic E-state index is 9.45. The molecule has 0 bridgehead atoms. The summed E-state index contributed by atoms with van der Waals surface area (Å²) in [5.41, 5.74) is 3.06. The first-order valence-corrected chi connectivity index (χ1v) is 12.6. The highest BCUT2D eigenvalue weighted by Gasteiger charge is 2.56. The summed E-state index contributed by atoms with van der Waals surface area (Å²) in [6, 6.07) is 4.04. The van der Waals surface area contributed by atoms with E-state index in [-0.39, 0.29) is 27.4 Å². The van der Waals surface area contributed by atoms with E-state index in [0.717, 1.165) is 18.8 Å². The van der Waals surface area contributed by atoms with Gasteiger partial charge >= 0.3 is 0 Å². The summed E-state index contributed by atoms with van der Waals surface area (Å²) in [6.07, 6.45) is 19.4. The molecule has 0 aromatic rings. The molecule has 4 heteroatoms. The molecule has 4 aliphatic rings. The molecular formula is C31H37N3O. The quantitative estimate of drug-likeness (QED) is 0.408. The Morgan fingerprint density at radius 3 is 2.46 bits per heavy atom. The van der Waals surface area contributed by atoms with Gasteiger partial charge in [0.1, 0.15) is 29.2 Å². The lowest BCUT2D eigenvalue weighted by Gasteiger charge is -2.61. The maximum Gasteiger partial charge on any atom is 0.137 e. The average Bonchev–Trinajstić information content (AvgIpc) is 2.76. The Hall–Kier alpha value is -3.08. The van der Waals surface area contributed by atoms with E-state index >= 15 is 0 Å². The van der Waals surface area contributed by atoms with Gasteiger partial charge in [0, 0.05) is 17.5 Å². The highest BCUT2D eigenvalue weighted by molar-refractivity contribution is 5.59. The molecule has 3 heterocycles. The second kappa shape index (κ2) is 8.54. The summed E-state index contributed by atoms with van der Waals surface area (Å²) in [4.78, 5) is 2.69. The Bertz CT molecular complexity index is 1210. The molecule has 35 heavy (non-hydrogen) atoms. The standard InChI is InChI=1S/C31H37N3O/c1-28(2,3)27-17-23(24(19-32)20-33)16-25(35-27)12-11-22-10-8-14-31-26(22)18-29(4,5)21-34(31)15-9-13-30(31,6)7/h8,10-12,14,16-18H,9,13,15,21H2,1-7H3. The normalized spacial score (nSPS) is 27.3. The Morgan fingerprint density at radius 1 is 1.09 bits per heavy atom. The molecule has 0 saturated carbocycles. The highest BCUT2D eigenvalue weighted by atomic mass is 16.5. The van der Waals surface area contributed by atoms with Gasteiger partial charge in [0.05, 0.1) is 5.54 Å². The maximum atomic E-state index is 9.45. The van der Waals surface area contributed by atoms with Gasteiger partial charge < -0.3 is 4.74 Å². The van der Waals surface area contributed by atoms with Crippen LogP contribution in [0.25, 0.3) is 0 Å². The van der Waals surface area contributed by atoms with Crippen LogP contribution in [0, 0.1) is 38.9 Å². The number of ether oxygens (including phenoxy) is 1. The van der Waals surface area contributed by atoms with E-state index in [0.29, 0.717) is 11.3 Å². The lowest BCUT2D eigenvalue weighted by atomic mass is 9.57. The van der Waals surface area contributed by atoms with Crippen LogP contribution in [0.15, 0.2) is 82.4 Å². The first kappa shape index (κ1) is 25.0. The third-order valence-corrected chi connectivity index (χ3v) is 7.72. The van der Waals surface area contributed by atoms with E-state index in [4.69, 9.17) is 4.74 Å². The third kappa shape index (κ3) is 4.37. The minimum absolute atomic E-state index is 0.0809. The van der Waals surface area contributed by atoms with E-state index in [2.05, 4.69) is 83.7 Å². The van der Waals surface area contributed by atoms with Crippen molar-refractivity contribution in [1.82, 2.24) is 4.90 Å². The molecule has 1 fully saturated rings. The summed E-state index contributed by atoms with van der Waals surface area (Å²) in [5.74, 6) is 1.37. The van der Waals surface area contributed by atoms with Crippen LogP contribution in [0.4, 0.5) is 0 Å². The van der Waals surface area contributed by atoms with Crippen molar-refractivity contribution < 1.29 is 4.74 Å². The number of allylic oxidation sites excluding steroid dienone is 9. The smallest absolute Gasteiger partial charge is 0.137 e. The summed E-state index contributed by atoms with van der Waals surface area (Å²) in [7, 11) is 0. The summed E-state index contributed by atoms with van der Waals surface area (Å²) in [5, 5.41) is 18.9. The first-order chi connectivity index (χ1) is 16.3. The SMILES string of the molecule is CC1(C)C=C2C(C=CC3=CC(=C(C#N)C#N)C=C(C(C)(C)C)O3)=CC=CC23N(CCCC3(C)C)C1. The van der Waals surface area contributed by atoms with Crippen molar-refractivity contribution in [2.45, 2.75) is 66.8 Å². The van der Waals surface area contributed by atoms with Crippen LogP contribution in [0.1, 0.15) is 61.3 Å². The molecule has 1 spiro atoms. The van der Waals surface area contributed by atoms with Gasteiger partial charge in [-0.25, -0.2) is 0 Å². The first-order valence-electron chi connectivity index (χ1n) is 12.6. The molecule has 1 aliphatic carbocycles. The second-order valence-corrected chi connectivity index (χ2v) is 12.5. The zero-order chi connectivity index (χ0) is 25.6. The lowest BCUT2D eigenvalue weighted by Crippen LogP contribution is -2.65. The molecule has 3 aliphatic heterocycles. The van der Waals surface area contributed by atoms with Gasteiger partial charge in [-0.3, -0.25) is 4.90 Å². The number of nitriles is 2. The molecule has 4 rings (SSSR count). The Labute approximate surface area is 210 Å². The van der Waals surface area contributed by atoms with Crippen LogP contribution >= 0.6 is 0 Å². The fraction of sp³-hybridized carbons (Fsp3) is 0.484. The highest BCUT2D eigenvalue weighted by Crippen LogP contribution is 2.56. The minimum Gasteiger partial charge on any atom is -0.461 e. The largest absolute Gasteiger partial charge is 0.461 e. The van der Waals surface area contributed by atoms with Crippen molar-refractivity contribution in [3.63, 3.8) is 0 Å².